The molecule has 0 radical (unpaired) electrons. The summed E-state index contributed by atoms with van der Waals surface area (Å²) in [5.74, 6) is 1.60. The minimum atomic E-state index is 0.254. The minimum absolute atomic E-state index is 0.254. The van der Waals surface area contributed by atoms with E-state index in [-0.39, 0.29) is 5.54 Å². The van der Waals surface area contributed by atoms with Gasteiger partial charge in [0.25, 0.3) is 0 Å². The Kier molecular flexibility index (Phi) is 6.10. The Balaban J connectivity index is 1.98. The van der Waals surface area contributed by atoms with Crippen LogP contribution in [0.25, 0.3) is 0 Å². The molecule has 0 bridgehead atoms. The molecule has 0 aromatic rings. The zero-order chi connectivity index (χ0) is 15.5. The molecule has 0 amide bonds. The first-order valence-corrected chi connectivity index (χ1v) is 9.14. The zero-order valence-corrected chi connectivity index (χ0v) is 14.8. The Morgan fingerprint density at radius 1 is 1.19 bits per heavy atom. The van der Waals surface area contributed by atoms with Crippen molar-refractivity contribution in [1.29, 1.82) is 0 Å². The molecule has 0 aromatic carbocycles. The van der Waals surface area contributed by atoms with Crippen molar-refractivity contribution >= 4 is 0 Å². The predicted molar refractivity (Wildman–Crippen MR) is 91.5 cm³/mol. The van der Waals surface area contributed by atoms with Crippen LogP contribution >= 0.6 is 0 Å². The number of rotatable bonds is 5. The van der Waals surface area contributed by atoms with Gasteiger partial charge in [-0.15, -0.1) is 0 Å². The number of likely N-dealkylation sites (N-methyl/N-ethyl adjacent to an activating group) is 1. The van der Waals surface area contributed by atoms with Crippen LogP contribution in [0.2, 0.25) is 0 Å². The molecule has 3 nitrogen and oxygen atoms in total. The molecular formula is C18H37N3. The quantitative estimate of drug-likeness (QED) is 0.846. The van der Waals surface area contributed by atoms with Crippen molar-refractivity contribution < 1.29 is 0 Å². The molecule has 0 spiro atoms. The lowest BCUT2D eigenvalue weighted by Crippen LogP contribution is -2.62. The van der Waals surface area contributed by atoms with E-state index in [9.17, 15) is 0 Å². The maximum Gasteiger partial charge on any atom is 0.0356 e. The zero-order valence-electron chi connectivity index (χ0n) is 14.8. The van der Waals surface area contributed by atoms with E-state index in [2.05, 4.69) is 37.6 Å². The molecule has 2 aliphatic rings. The maximum atomic E-state index is 6.28. The molecule has 1 saturated heterocycles. The highest BCUT2D eigenvalue weighted by Gasteiger charge is 2.41. The van der Waals surface area contributed by atoms with E-state index in [0.29, 0.717) is 0 Å². The van der Waals surface area contributed by atoms with Gasteiger partial charge >= 0.3 is 0 Å². The summed E-state index contributed by atoms with van der Waals surface area (Å²) in [6.45, 7) is 11.6. The van der Waals surface area contributed by atoms with Crippen LogP contribution in [-0.4, -0.2) is 54.6 Å². The van der Waals surface area contributed by atoms with Crippen molar-refractivity contribution in [2.45, 2.75) is 70.9 Å². The number of piperidine rings is 1. The Labute approximate surface area is 132 Å². The number of hydrogen-bond acceptors (Lipinski definition) is 3. The van der Waals surface area contributed by atoms with Crippen LogP contribution < -0.4 is 5.73 Å². The van der Waals surface area contributed by atoms with Gasteiger partial charge in [0, 0.05) is 24.7 Å². The molecule has 124 valence electrons. The van der Waals surface area contributed by atoms with Gasteiger partial charge in [0.2, 0.25) is 0 Å². The summed E-state index contributed by atoms with van der Waals surface area (Å²) in [4.78, 5) is 5.33. The highest BCUT2D eigenvalue weighted by molar-refractivity contribution is 4.99. The first-order valence-electron chi connectivity index (χ1n) is 9.14. The average Bonchev–Trinajstić information content (AvgIpc) is 2.47. The monoisotopic (exact) mass is 295 g/mol. The summed E-state index contributed by atoms with van der Waals surface area (Å²) in [7, 11) is 2.36. The summed E-state index contributed by atoms with van der Waals surface area (Å²) in [5.41, 5.74) is 6.53. The van der Waals surface area contributed by atoms with Gasteiger partial charge in [-0.2, -0.15) is 0 Å². The van der Waals surface area contributed by atoms with Crippen LogP contribution in [-0.2, 0) is 0 Å². The van der Waals surface area contributed by atoms with Gasteiger partial charge in [-0.25, -0.2) is 0 Å². The van der Waals surface area contributed by atoms with E-state index in [1.807, 2.05) is 0 Å². The number of hydrogen-bond donors (Lipinski definition) is 1. The van der Waals surface area contributed by atoms with Gasteiger partial charge in [0.05, 0.1) is 0 Å². The van der Waals surface area contributed by atoms with Crippen molar-refractivity contribution in [2.75, 3.05) is 33.2 Å². The lowest BCUT2D eigenvalue weighted by molar-refractivity contribution is -0.0125. The molecule has 21 heavy (non-hydrogen) atoms. The third-order valence-corrected chi connectivity index (χ3v) is 6.10. The third kappa shape index (κ3) is 4.00. The third-order valence-electron chi connectivity index (χ3n) is 6.10. The molecule has 3 heteroatoms. The van der Waals surface area contributed by atoms with Gasteiger partial charge in [-0.05, 0) is 57.7 Å². The van der Waals surface area contributed by atoms with Gasteiger partial charge in [0.1, 0.15) is 0 Å². The summed E-state index contributed by atoms with van der Waals surface area (Å²) < 4.78 is 0. The largest absolute Gasteiger partial charge is 0.329 e. The highest BCUT2D eigenvalue weighted by atomic mass is 15.3. The first-order chi connectivity index (χ1) is 9.98. The molecule has 2 rings (SSSR count). The molecule has 1 heterocycles. The number of likely N-dealkylation sites (tertiary alicyclic amines) is 1. The lowest BCUT2D eigenvalue weighted by Gasteiger charge is -2.52. The topological polar surface area (TPSA) is 32.5 Å². The summed E-state index contributed by atoms with van der Waals surface area (Å²) in [6, 6.07) is 0.749. The van der Waals surface area contributed by atoms with E-state index < -0.39 is 0 Å². The Morgan fingerprint density at radius 2 is 1.81 bits per heavy atom. The molecule has 2 unspecified atom stereocenters. The molecule has 2 N–H and O–H groups in total. The average molecular weight is 296 g/mol. The van der Waals surface area contributed by atoms with Gasteiger partial charge in [0.15, 0.2) is 0 Å². The van der Waals surface area contributed by atoms with Crippen molar-refractivity contribution in [3.63, 3.8) is 0 Å². The van der Waals surface area contributed by atoms with Crippen LogP contribution in [0.1, 0.15) is 59.3 Å². The SMILES string of the molecule is CC(C)CN1CCC(CN)(N(C)C2CCCCC2C)CC1. The second-order valence-corrected chi connectivity index (χ2v) is 8.06. The van der Waals surface area contributed by atoms with E-state index in [1.165, 1.54) is 58.2 Å². The van der Waals surface area contributed by atoms with E-state index >= 15 is 0 Å². The van der Waals surface area contributed by atoms with Crippen molar-refractivity contribution in [3.8, 4) is 0 Å². The molecular weight excluding hydrogens is 258 g/mol. The molecule has 2 atom stereocenters. The van der Waals surface area contributed by atoms with Crippen LogP contribution in [0.5, 0.6) is 0 Å². The van der Waals surface area contributed by atoms with E-state index in [4.69, 9.17) is 5.73 Å². The van der Waals surface area contributed by atoms with E-state index in [1.54, 1.807) is 0 Å². The maximum absolute atomic E-state index is 6.28. The second kappa shape index (κ2) is 7.43. The highest BCUT2D eigenvalue weighted by Crippen LogP contribution is 2.35. The molecule has 2 fully saturated rings. The van der Waals surface area contributed by atoms with Crippen LogP contribution in [0, 0.1) is 11.8 Å². The van der Waals surface area contributed by atoms with Crippen molar-refractivity contribution in [1.82, 2.24) is 9.80 Å². The summed E-state index contributed by atoms with van der Waals surface area (Å²) >= 11 is 0. The van der Waals surface area contributed by atoms with Gasteiger partial charge < -0.3 is 10.6 Å². The lowest BCUT2D eigenvalue weighted by atomic mass is 9.79. The molecule has 1 aliphatic carbocycles. The number of nitrogens with two attached hydrogens (primary N) is 1. The minimum Gasteiger partial charge on any atom is -0.329 e. The van der Waals surface area contributed by atoms with Gasteiger partial charge in [-0.3, -0.25) is 4.90 Å². The van der Waals surface area contributed by atoms with Crippen LogP contribution in [0.3, 0.4) is 0 Å². The second-order valence-electron chi connectivity index (χ2n) is 8.06. The molecule has 1 aliphatic heterocycles. The van der Waals surface area contributed by atoms with Crippen molar-refractivity contribution in [2.24, 2.45) is 17.6 Å². The fraction of sp³-hybridized carbons (Fsp3) is 1.00. The summed E-state index contributed by atoms with van der Waals surface area (Å²) in [6.07, 6.45) is 8.08. The number of nitrogens with zero attached hydrogens (tertiary/aromatic N) is 2. The predicted octanol–water partition coefficient (Wildman–Crippen LogP) is 2.95. The van der Waals surface area contributed by atoms with E-state index in [0.717, 1.165) is 24.4 Å². The fourth-order valence-corrected chi connectivity index (χ4v) is 4.59. The van der Waals surface area contributed by atoms with Crippen LogP contribution in [0.15, 0.2) is 0 Å². The van der Waals surface area contributed by atoms with Crippen molar-refractivity contribution in [3.05, 3.63) is 0 Å². The Bertz CT molecular complexity index is 308. The summed E-state index contributed by atoms with van der Waals surface area (Å²) in [5, 5.41) is 0. The fourth-order valence-electron chi connectivity index (χ4n) is 4.59. The molecule has 1 saturated carbocycles. The standard InChI is InChI=1S/C18H37N3/c1-15(2)13-21-11-9-18(14-19,10-12-21)20(4)17-8-6-5-7-16(17)3/h15-17H,5-14,19H2,1-4H3. The smallest absolute Gasteiger partial charge is 0.0356 e. The van der Waals surface area contributed by atoms with Crippen LogP contribution in [0.4, 0.5) is 0 Å². The Morgan fingerprint density at radius 3 is 2.33 bits per heavy atom. The van der Waals surface area contributed by atoms with Gasteiger partial charge in [-0.1, -0.05) is 33.6 Å². The normalized spacial score (nSPS) is 31.0. The Hall–Kier alpha value is -0.120. The molecule has 0 aromatic heterocycles. The first kappa shape index (κ1) is 17.2.